The Morgan fingerprint density at radius 3 is 2.75 bits per heavy atom. The Balaban J connectivity index is 0.00000200. The molecule has 1 aromatic carbocycles. The summed E-state index contributed by atoms with van der Waals surface area (Å²) in [7, 11) is 1.97. The molecule has 112 valence electrons. The number of hydrogen-bond donors (Lipinski definition) is 2. The minimum absolute atomic E-state index is 0. The van der Waals surface area contributed by atoms with E-state index in [4.69, 9.17) is 0 Å². The van der Waals surface area contributed by atoms with Crippen molar-refractivity contribution in [1.29, 1.82) is 0 Å². The first-order valence-corrected chi connectivity index (χ1v) is 6.57. The SMILES string of the molecule is CN(CC(=O)NCc1ccc(F)cc1)C1CCNC1.Cl. The highest BCUT2D eigenvalue weighted by molar-refractivity contribution is 5.85. The van der Waals surface area contributed by atoms with E-state index in [0.717, 1.165) is 25.1 Å². The van der Waals surface area contributed by atoms with Gasteiger partial charge < -0.3 is 10.6 Å². The van der Waals surface area contributed by atoms with E-state index in [9.17, 15) is 9.18 Å². The van der Waals surface area contributed by atoms with Gasteiger partial charge in [-0.15, -0.1) is 12.4 Å². The Labute approximate surface area is 125 Å². The molecule has 6 heteroatoms. The van der Waals surface area contributed by atoms with Crippen LogP contribution < -0.4 is 10.6 Å². The lowest BCUT2D eigenvalue weighted by Crippen LogP contribution is -2.41. The number of carbonyl (C=O) groups excluding carboxylic acids is 1. The number of nitrogens with zero attached hydrogens (tertiary/aromatic N) is 1. The molecular weight excluding hydrogens is 281 g/mol. The molecule has 0 saturated carbocycles. The maximum absolute atomic E-state index is 12.7. The van der Waals surface area contributed by atoms with Crippen LogP contribution in [0.5, 0.6) is 0 Å². The zero-order chi connectivity index (χ0) is 13.7. The van der Waals surface area contributed by atoms with Crippen molar-refractivity contribution in [3.05, 3.63) is 35.6 Å². The van der Waals surface area contributed by atoms with E-state index in [0.29, 0.717) is 19.1 Å². The minimum Gasteiger partial charge on any atom is -0.351 e. The van der Waals surface area contributed by atoms with E-state index in [1.54, 1.807) is 12.1 Å². The highest BCUT2D eigenvalue weighted by atomic mass is 35.5. The summed E-state index contributed by atoms with van der Waals surface area (Å²) in [4.78, 5) is 13.9. The van der Waals surface area contributed by atoms with E-state index in [-0.39, 0.29) is 24.1 Å². The summed E-state index contributed by atoms with van der Waals surface area (Å²) in [6.45, 7) is 2.80. The molecule has 0 bridgehead atoms. The van der Waals surface area contributed by atoms with Gasteiger partial charge in [0.05, 0.1) is 6.54 Å². The van der Waals surface area contributed by atoms with Gasteiger partial charge in [0.2, 0.25) is 5.91 Å². The van der Waals surface area contributed by atoms with Gasteiger partial charge in [-0.1, -0.05) is 12.1 Å². The molecule has 1 fully saturated rings. The molecule has 4 nitrogen and oxygen atoms in total. The van der Waals surface area contributed by atoms with E-state index in [1.807, 2.05) is 7.05 Å². The molecule has 0 radical (unpaired) electrons. The number of benzene rings is 1. The van der Waals surface area contributed by atoms with Crippen LogP contribution in [0.1, 0.15) is 12.0 Å². The number of carbonyl (C=O) groups is 1. The minimum atomic E-state index is -0.261. The van der Waals surface area contributed by atoms with Crippen molar-refractivity contribution in [2.75, 3.05) is 26.7 Å². The van der Waals surface area contributed by atoms with Crippen molar-refractivity contribution in [2.24, 2.45) is 0 Å². The van der Waals surface area contributed by atoms with E-state index in [1.165, 1.54) is 12.1 Å². The van der Waals surface area contributed by atoms with E-state index in [2.05, 4.69) is 15.5 Å². The molecule has 2 rings (SSSR count). The Morgan fingerprint density at radius 1 is 1.45 bits per heavy atom. The average Bonchev–Trinajstić information content (AvgIpc) is 2.92. The largest absolute Gasteiger partial charge is 0.351 e. The number of likely N-dealkylation sites (N-methyl/N-ethyl adjacent to an activating group) is 1. The molecule has 1 heterocycles. The predicted octanol–water partition coefficient (Wildman–Crippen LogP) is 1.16. The molecule has 2 N–H and O–H groups in total. The van der Waals surface area contributed by atoms with Crippen LogP contribution in [-0.2, 0) is 11.3 Å². The summed E-state index contributed by atoms with van der Waals surface area (Å²) in [5.41, 5.74) is 0.903. The normalized spacial score (nSPS) is 17.9. The fourth-order valence-electron chi connectivity index (χ4n) is 2.23. The zero-order valence-corrected chi connectivity index (χ0v) is 12.4. The lowest BCUT2D eigenvalue weighted by atomic mass is 10.2. The summed E-state index contributed by atoms with van der Waals surface area (Å²) in [5, 5.41) is 6.13. The first kappa shape index (κ1) is 16.9. The number of hydrogen-bond acceptors (Lipinski definition) is 3. The van der Waals surface area contributed by atoms with Gasteiger partial charge in [-0.2, -0.15) is 0 Å². The fourth-order valence-corrected chi connectivity index (χ4v) is 2.23. The lowest BCUT2D eigenvalue weighted by molar-refractivity contribution is -0.122. The second-order valence-corrected chi connectivity index (χ2v) is 4.96. The second kappa shape index (κ2) is 8.19. The first-order chi connectivity index (χ1) is 9.15. The van der Waals surface area contributed by atoms with Crippen molar-refractivity contribution in [3.8, 4) is 0 Å². The Kier molecular flexibility index (Phi) is 6.91. The predicted molar refractivity (Wildman–Crippen MR) is 79.4 cm³/mol. The van der Waals surface area contributed by atoms with Crippen LogP contribution in [0.25, 0.3) is 0 Å². The van der Waals surface area contributed by atoms with Crippen molar-refractivity contribution in [2.45, 2.75) is 19.0 Å². The summed E-state index contributed by atoms with van der Waals surface area (Å²) >= 11 is 0. The zero-order valence-electron chi connectivity index (χ0n) is 11.6. The lowest BCUT2D eigenvalue weighted by Gasteiger charge is -2.22. The van der Waals surface area contributed by atoms with Crippen LogP contribution in [0.3, 0.4) is 0 Å². The van der Waals surface area contributed by atoms with Crippen molar-refractivity contribution < 1.29 is 9.18 Å². The highest BCUT2D eigenvalue weighted by Crippen LogP contribution is 2.05. The van der Waals surface area contributed by atoms with E-state index < -0.39 is 0 Å². The van der Waals surface area contributed by atoms with Crippen LogP contribution in [0, 0.1) is 5.82 Å². The quantitative estimate of drug-likeness (QED) is 0.858. The topological polar surface area (TPSA) is 44.4 Å². The number of nitrogens with one attached hydrogen (secondary N) is 2. The van der Waals surface area contributed by atoms with Crippen molar-refractivity contribution in [3.63, 3.8) is 0 Å². The second-order valence-electron chi connectivity index (χ2n) is 4.96. The molecule has 1 unspecified atom stereocenters. The molecular formula is C14H21ClFN3O. The van der Waals surface area contributed by atoms with E-state index >= 15 is 0 Å². The molecule has 0 spiro atoms. The molecule has 1 aliphatic rings. The Morgan fingerprint density at radius 2 is 2.15 bits per heavy atom. The van der Waals surface area contributed by atoms with Gasteiger partial charge in [-0.3, -0.25) is 9.69 Å². The molecule has 1 aromatic rings. The Hall–Kier alpha value is -1.17. The van der Waals surface area contributed by atoms with Crippen molar-refractivity contribution >= 4 is 18.3 Å². The van der Waals surface area contributed by atoms with Crippen LogP contribution >= 0.6 is 12.4 Å². The van der Waals surface area contributed by atoms with Gasteiger partial charge in [0, 0.05) is 19.1 Å². The third kappa shape index (κ3) is 5.07. The number of halogens is 2. The van der Waals surface area contributed by atoms with Crippen LogP contribution in [0.2, 0.25) is 0 Å². The average molecular weight is 302 g/mol. The summed E-state index contributed by atoms with van der Waals surface area (Å²) in [5.74, 6) is -0.262. The van der Waals surface area contributed by atoms with Crippen LogP contribution in [0.15, 0.2) is 24.3 Å². The van der Waals surface area contributed by atoms with Gasteiger partial charge in [-0.25, -0.2) is 4.39 Å². The number of rotatable bonds is 5. The Bertz CT molecular complexity index is 421. The molecule has 0 aliphatic carbocycles. The van der Waals surface area contributed by atoms with Crippen LogP contribution in [0.4, 0.5) is 4.39 Å². The molecule has 0 aromatic heterocycles. The molecule has 1 atom stereocenters. The van der Waals surface area contributed by atoms with Gasteiger partial charge in [0.1, 0.15) is 5.82 Å². The first-order valence-electron chi connectivity index (χ1n) is 6.57. The standard InChI is InChI=1S/C14H20FN3O.ClH/c1-18(13-6-7-16-9-13)10-14(19)17-8-11-2-4-12(15)5-3-11;/h2-5,13,16H,6-10H2,1H3,(H,17,19);1H. The van der Waals surface area contributed by atoms with Gasteiger partial charge >= 0.3 is 0 Å². The third-order valence-electron chi connectivity index (χ3n) is 3.45. The third-order valence-corrected chi connectivity index (χ3v) is 3.45. The fraction of sp³-hybridized carbons (Fsp3) is 0.500. The summed E-state index contributed by atoms with van der Waals surface area (Å²) < 4.78 is 12.7. The highest BCUT2D eigenvalue weighted by Gasteiger charge is 2.20. The number of amides is 1. The summed E-state index contributed by atoms with van der Waals surface area (Å²) in [6, 6.07) is 6.60. The smallest absolute Gasteiger partial charge is 0.234 e. The van der Waals surface area contributed by atoms with Crippen LogP contribution in [-0.4, -0.2) is 43.5 Å². The van der Waals surface area contributed by atoms with Crippen molar-refractivity contribution in [1.82, 2.24) is 15.5 Å². The van der Waals surface area contributed by atoms with Gasteiger partial charge in [0.25, 0.3) is 0 Å². The molecule has 1 amide bonds. The van der Waals surface area contributed by atoms with Gasteiger partial charge in [0.15, 0.2) is 0 Å². The maximum Gasteiger partial charge on any atom is 0.234 e. The monoisotopic (exact) mass is 301 g/mol. The molecule has 1 aliphatic heterocycles. The summed E-state index contributed by atoms with van der Waals surface area (Å²) in [6.07, 6.45) is 1.09. The molecule has 1 saturated heterocycles. The van der Waals surface area contributed by atoms with Gasteiger partial charge in [-0.05, 0) is 37.7 Å². The molecule has 20 heavy (non-hydrogen) atoms. The maximum atomic E-state index is 12.7.